The first-order valence-corrected chi connectivity index (χ1v) is 10.9. The second kappa shape index (κ2) is 7.13. The van der Waals surface area contributed by atoms with Gasteiger partial charge in [0, 0.05) is 11.1 Å². The fourth-order valence-electron chi connectivity index (χ4n) is 2.42. The van der Waals surface area contributed by atoms with Crippen LogP contribution in [0.3, 0.4) is 0 Å². The summed E-state index contributed by atoms with van der Waals surface area (Å²) in [6, 6.07) is 3.08. The van der Waals surface area contributed by atoms with Crippen molar-refractivity contribution in [2.75, 3.05) is 13.4 Å². The van der Waals surface area contributed by atoms with Gasteiger partial charge < -0.3 is 8.92 Å². The predicted molar refractivity (Wildman–Crippen MR) is 107 cm³/mol. The van der Waals surface area contributed by atoms with Gasteiger partial charge in [-0.15, -0.1) is 0 Å². The molecule has 3 rings (SSSR count). The number of amidine groups is 2. The lowest BCUT2D eigenvalue weighted by atomic mass is 10.1. The van der Waals surface area contributed by atoms with Crippen molar-refractivity contribution in [3.8, 4) is 11.5 Å². The molecule has 0 radical (unpaired) electrons. The topological polar surface area (TPSA) is 109 Å². The fraction of sp³-hybridized carbons (Fsp3) is 0.188. The molecule has 2 aliphatic rings. The second-order valence-electron chi connectivity index (χ2n) is 5.64. The minimum atomic E-state index is -3.75. The number of aliphatic imine (C=N–C) groups is 1. The molecule has 2 aliphatic heterocycles. The zero-order valence-electron chi connectivity index (χ0n) is 14.4. The van der Waals surface area contributed by atoms with E-state index in [1.807, 2.05) is 6.92 Å². The maximum atomic E-state index is 12.3. The SMILES string of the molecule is COc1cc(C=C2C(=N)N3C=C(C)SC3=NC2=O)cc(Br)c1OS(C)(=O)=O. The third kappa shape index (κ3) is 4.09. The van der Waals surface area contributed by atoms with Gasteiger partial charge in [-0.1, -0.05) is 11.8 Å². The number of fused-ring (bicyclic) bond motifs is 1. The molecule has 8 nitrogen and oxygen atoms in total. The molecule has 27 heavy (non-hydrogen) atoms. The quantitative estimate of drug-likeness (QED) is 0.530. The van der Waals surface area contributed by atoms with E-state index in [0.29, 0.717) is 15.2 Å². The van der Waals surface area contributed by atoms with Crippen LogP contribution in [-0.4, -0.2) is 43.6 Å². The van der Waals surface area contributed by atoms with Crippen LogP contribution in [0.15, 0.2) is 38.3 Å². The lowest BCUT2D eigenvalue weighted by Crippen LogP contribution is -2.35. The third-order valence-corrected chi connectivity index (χ3v) is 5.45. The van der Waals surface area contributed by atoms with E-state index in [4.69, 9.17) is 14.3 Å². The Morgan fingerprint density at radius 2 is 2.07 bits per heavy atom. The van der Waals surface area contributed by atoms with Crippen molar-refractivity contribution in [2.24, 2.45) is 4.99 Å². The van der Waals surface area contributed by atoms with Gasteiger partial charge >= 0.3 is 10.1 Å². The number of methoxy groups -OCH3 is 1. The van der Waals surface area contributed by atoms with Crippen molar-refractivity contribution in [1.29, 1.82) is 5.41 Å². The van der Waals surface area contributed by atoms with E-state index >= 15 is 0 Å². The highest BCUT2D eigenvalue weighted by Gasteiger charge is 2.33. The molecule has 2 heterocycles. The number of rotatable bonds is 4. The molecule has 0 unspecified atom stereocenters. The summed E-state index contributed by atoms with van der Waals surface area (Å²) in [4.78, 5) is 18.8. The van der Waals surface area contributed by atoms with Gasteiger partial charge in [-0.25, -0.2) is 0 Å². The lowest BCUT2D eigenvalue weighted by molar-refractivity contribution is -0.114. The van der Waals surface area contributed by atoms with Crippen molar-refractivity contribution >= 4 is 60.8 Å². The number of nitrogens with one attached hydrogen (secondary N) is 1. The lowest BCUT2D eigenvalue weighted by Gasteiger charge is -2.22. The summed E-state index contributed by atoms with van der Waals surface area (Å²) < 4.78 is 33.3. The van der Waals surface area contributed by atoms with Gasteiger partial charge in [0.2, 0.25) is 0 Å². The van der Waals surface area contributed by atoms with Crippen molar-refractivity contribution < 1.29 is 22.1 Å². The van der Waals surface area contributed by atoms with Crippen LogP contribution in [0.25, 0.3) is 6.08 Å². The van der Waals surface area contributed by atoms with Crippen LogP contribution in [-0.2, 0) is 14.9 Å². The molecule has 1 N–H and O–H groups in total. The number of amides is 1. The number of hydrogen-bond acceptors (Lipinski definition) is 7. The Morgan fingerprint density at radius 3 is 2.70 bits per heavy atom. The standard InChI is InChI=1S/C16H14BrN3O5S2/c1-8-7-20-14(18)10(15(21)19-16(20)26-8)4-9-5-11(17)13(12(6-9)24-2)25-27(3,22)23/h4-7,18H,1-3H3. The van der Waals surface area contributed by atoms with Gasteiger partial charge in [-0.05, 0) is 46.6 Å². The fourth-order valence-corrected chi connectivity index (χ4v) is 4.36. The Bertz CT molecular complexity index is 1060. The molecule has 1 aromatic rings. The summed E-state index contributed by atoms with van der Waals surface area (Å²) >= 11 is 4.58. The molecule has 11 heteroatoms. The van der Waals surface area contributed by atoms with Crippen LogP contribution in [0.1, 0.15) is 12.5 Å². The molecule has 0 atom stereocenters. The minimum Gasteiger partial charge on any atom is -0.493 e. The molecule has 0 fully saturated rings. The van der Waals surface area contributed by atoms with Gasteiger partial charge in [0.05, 0.1) is 23.4 Å². The number of allylic oxidation sites excluding steroid dienone is 1. The van der Waals surface area contributed by atoms with E-state index in [2.05, 4.69) is 20.9 Å². The number of hydrogen-bond donors (Lipinski definition) is 1. The number of ether oxygens (including phenoxy) is 1. The molecular weight excluding hydrogens is 458 g/mol. The number of nitrogens with zero attached hydrogens (tertiary/aromatic N) is 2. The normalized spacial score (nSPS) is 18.4. The Labute approximate surface area is 168 Å². The number of benzene rings is 1. The predicted octanol–water partition coefficient (Wildman–Crippen LogP) is 2.96. The zero-order valence-corrected chi connectivity index (χ0v) is 17.7. The number of carbonyl (C=O) groups is 1. The number of thioether (sulfide) groups is 1. The molecule has 0 bridgehead atoms. The zero-order chi connectivity index (χ0) is 19.9. The first kappa shape index (κ1) is 19.6. The highest BCUT2D eigenvalue weighted by atomic mass is 79.9. The monoisotopic (exact) mass is 471 g/mol. The maximum absolute atomic E-state index is 12.3. The van der Waals surface area contributed by atoms with E-state index in [9.17, 15) is 13.2 Å². The van der Waals surface area contributed by atoms with Crippen LogP contribution in [0.4, 0.5) is 0 Å². The van der Waals surface area contributed by atoms with E-state index in [1.165, 1.54) is 31.0 Å². The van der Waals surface area contributed by atoms with Gasteiger partial charge in [0.25, 0.3) is 5.91 Å². The summed E-state index contributed by atoms with van der Waals surface area (Å²) in [5.41, 5.74) is 0.620. The van der Waals surface area contributed by atoms with Crippen LogP contribution in [0, 0.1) is 5.41 Å². The van der Waals surface area contributed by atoms with Crippen LogP contribution < -0.4 is 8.92 Å². The summed E-state index contributed by atoms with van der Waals surface area (Å²) in [5.74, 6) is -0.343. The molecule has 1 aromatic carbocycles. The van der Waals surface area contributed by atoms with Crippen LogP contribution in [0.2, 0.25) is 0 Å². The first-order chi connectivity index (χ1) is 12.6. The van der Waals surface area contributed by atoms with Gasteiger partial charge in [0.15, 0.2) is 16.7 Å². The smallest absolute Gasteiger partial charge is 0.306 e. The Balaban J connectivity index is 2.04. The molecule has 0 aliphatic carbocycles. The van der Waals surface area contributed by atoms with E-state index < -0.39 is 16.0 Å². The van der Waals surface area contributed by atoms with Gasteiger partial charge in [-0.3, -0.25) is 15.1 Å². The Kier molecular flexibility index (Phi) is 5.19. The molecular formula is C16H14BrN3O5S2. The number of halogens is 1. The highest BCUT2D eigenvalue weighted by molar-refractivity contribution is 9.10. The summed E-state index contributed by atoms with van der Waals surface area (Å²) in [6.45, 7) is 1.87. The average Bonchev–Trinajstić information content (AvgIpc) is 2.93. The van der Waals surface area contributed by atoms with E-state index in [-0.39, 0.29) is 22.9 Å². The second-order valence-corrected chi connectivity index (χ2v) is 9.28. The molecule has 0 spiro atoms. The Morgan fingerprint density at radius 1 is 1.37 bits per heavy atom. The summed E-state index contributed by atoms with van der Waals surface area (Å²) in [6.07, 6.45) is 4.16. The molecule has 1 amide bonds. The summed E-state index contributed by atoms with van der Waals surface area (Å²) in [7, 11) is -2.38. The van der Waals surface area contributed by atoms with Crippen molar-refractivity contribution in [2.45, 2.75) is 6.92 Å². The van der Waals surface area contributed by atoms with Crippen LogP contribution >= 0.6 is 27.7 Å². The Hall–Kier alpha value is -2.11. The van der Waals surface area contributed by atoms with Crippen molar-refractivity contribution in [3.05, 3.63) is 38.8 Å². The van der Waals surface area contributed by atoms with Gasteiger partial charge in [0.1, 0.15) is 5.84 Å². The van der Waals surface area contributed by atoms with E-state index in [1.54, 1.807) is 17.2 Å². The van der Waals surface area contributed by atoms with Gasteiger partial charge in [-0.2, -0.15) is 13.4 Å². The van der Waals surface area contributed by atoms with Crippen LogP contribution in [0.5, 0.6) is 11.5 Å². The summed E-state index contributed by atoms with van der Waals surface area (Å²) in [5, 5.41) is 8.76. The molecule has 142 valence electrons. The third-order valence-electron chi connectivity index (χ3n) is 3.49. The molecule has 0 saturated carbocycles. The maximum Gasteiger partial charge on any atom is 0.306 e. The van der Waals surface area contributed by atoms with E-state index in [0.717, 1.165) is 11.2 Å². The molecule has 0 aromatic heterocycles. The van der Waals surface area contributed by atoms with Crippen molar-refractivity contribution in [1.82, 2.24) is 4.90 Å². The average molecular weight is 472 g/mol. The molecule has 0 saturated heterocycles. The minimum absolute atomic E-state index is 0.00186. The van der Waals surface area contributed by atoms with Crippen molar-refractivity contribution in [3.63, 3.8) is 0 Å². The highest BCUT2D eigenvalue weighted by Crippen LogP contribution is 2.39. The number of carbonyl (C=O) groups excluding carboxylic acids is 1. The first-order valence-electron chi connectivity index (χ1n) is 7.45. The largest absolute Gasteiger partial charge is 0.493 e.